The van der Waals surface area contributed by atoms with Crippen LogP contribution in [0.2, 0.25) is 0 Å². The highest BCUT2D eigenvalue weighted by atomic mass is 16.6. The molecule has 0 radical (unpaired) electrons. The molecular weight excluding hydrogens is 206 g/mol. The molecule has 0 saturated carbocycles. The Hall–Kier alpha value is -1.71. The number of phenols is 1. The molecule has 0 bridgehead atoms. The van der Waals surface area contributed by atoms with Crippen molar-refractivity contribution in [2.75, 3.05) is 5.32 Å². The van der Waals surface area contributed by atoms with E-state index in [9.17, 15) is 9.90 Å². The molecule has 0 aliphatic heterocycles. The van der Waals surface area contributed by atoms with E-state index in [2.05, 4.69) is 5.32 Å². The highest BCUT2D eigenvalue weighted by molar-refractivity contribution is 5.88. The molecule has 0 spiro atoms. The van der Waals surface area contributed by atoms with E-state index in [1.807, 2.05) is 0 Å². The predicted octanol–water partition coefficient (Wildman–Crippen LogP) is 3.05. The van der Waals surface area contributed by atoms with Gasteiger partial charge >= 0.3 is 6.09 Å². The first-order chi connectivity index (χ1) is 7.29. The predicted molar refractivity (Wildman–Crippen MR) is 62.7 cm³/mol. The fraction of sp³-hybridized carbons (Fsp3) is 0.417. The summed E-state index contributed by atoms with van der Waals surface area (Å²) in [6.45, 7) is 7.14. The molecule has 0 aliphatic rings. The topological polar surface area (TPSA) is 58.6 Å². The van der Waals surface area contributed by atoms with Crippen LogP contribution in [0.5, 0.6) is 5.75 Å². The number of hydrogen-bond donors (Lipinski definition) is 2. The first-order valence-electron chi connectivity index (χ1n) is 5.08. The number of aryl methyl sites for hydroxylation is 1. The van der Waals surface area contributed by atoms with Gasteiger partial charge in [0.1, 0.15) is 11.4 Å². The number of hydrogen-bond acceptors (Lipinski definition) is 3. The normalized spacial score (nSPS) is 11.0. The van der Waals surface area contributed by atoms with Crippen LogP contribution in [-0.4, -0.2) is 16.8 Å². The van der Waals surface area contributed by atoms with Gasteiger partial charge in [0.2, 0.25) is 0 Å². The Bertz CT molecular complexity index is 373. The zero-order chi connectivity index (χ0) is 12.3. The smallest absolute Gasteiger partial charge is 0.412 e. The van der Waals surface area contributed by atoms with Gasteiger partial charge in [0, 0.05) is 0 Å². The highest BCUT2D eigenvalue weighted by Crippen LogP contribution is 2.26. The lowest BCUT2D eigenvalue weighted by atomic mass is 10.2. The maximum absolute atomic E-state index is 11.5. The van der Waals surface area contributed by atoms with Crippen molar-refractivity contribution in [2.45, 2.75) is 33.3 Å². The van der Waals surface area contributed by atoms with E-state index >= 15 is 0 Å². The standard InChI is InChI=1S/C12H17NO3/c1-8-6-5-7-9(14)10(8)13-11(15)16-12(2,3)4/h5-7,14H,1-4H3,(H,13,15). The molecule has 2 N–H and O–H groups in total. The van der Waals surface area contributed by atoms with E-state index in [4.69, 9.17) is 4.74 Å². The zero-order valence-electron chi connectivity index (χ0n) is 10.00. The number of rotatable bonds is 1. The SMILES string of the molecule is Cc1cccc(O)c1NC(=O)OC(C)(C)C. The van der Waals surface area contributed by atoms with E-state index in [0.29, 0.717) is 5.69 Å². The molecule has 0 aliphatic carbocycles. The van der Waals surface area contributed by atoms with Gasteiger partial charge in [-0.2, -0.15) is 0 Å². The molecular formula is C12H17NO3. The molecule has 88 valence electrons. The Morgan fingerprint density at radius 1 is 1.38 bits per heavy atom. The van der Waals surface area contributed by atoms with Crippen LogP contribution in [0.4, 0.5) is 10.5 Å². The zero-order valence-corrected chi connectivity index (χ0v) is 10.00. The summed E-state index contributed by atoms with van der Waals surface area (Å²) in [7, 11) is 0. The van der Waals surface area contributed by atoms with Crippen LogP contribution in [0.15, 0.2) is 18.2 Å². The van der Waals surface area contributed by atoms with Crippen molar-refractivity contribution < 1.29 is 14.6 Å². The largest absolute Gasteiger partial charge is 0.506 e. The minimum absolute atomic E-state index is 0.0332. The van der Waals surface area contributed by atoms with Crippen molar-refractivity contribution in [3.05, 3.63) is 23.8 Å². The van der Waals surface area contributed by atoms with E-state index in [-0.39, 0.29) is 5.75 Å². The molecule has 0 aromatic heterocycles. The van der Waals surface area contributed by atoms with Crippen LogP contribution in [-0.2, 0) is 4.74 Å². The molecule has 1 rings (SSSR count). The van der Waals surface area contributed by atoms with Crippen molar-refractivity contribution in [1.82, 2.24) is 0 Å². The van der Waals surface area contributed by atoms with Crippen LogP contribution in [0, 0.1) is 6.92 Å². The van der Waals surface area contributed by atoms with Gasteiger partial charge in [0.25, 0.3) is 0 Å². The van der Waals surface area contributed by atoms with Crippen LogP contribution >= 0.6 is 0 Å². The summed E-state index contributed by atoms with van der Waals surface area (Å²) in [5.74, 6) is 0.0332. The number of benzene rings is 1. The molecule has 0 unspecified atom stereocenters. The lowest BCUT2D eigenvalue weighted by Crippen LogP contribution is -2.27. The maximum Gasteiger partial charge on any atom is 0.412 e. The fourth-order valence-corrected chi connectivity index (χ4v) is 1.22. The molecule has 0 saturated heterocycles. The van der Waals surface area contributed by atoms with Crippen molar-refractivity contribution in [3.8, 4) is 5.75 Å². The Labute approximate surface area is 95.2 Å². The van der Waals surface area contributed by atoms with Gasteiger partial charge in [-0.1, -0.05) is 12.1 Å². The van der Waals surface area contributed by atoms with Gasteiger partial charge in [0.15, 0.2) is 0 Å². The second kappa shape index (κ2) is 4.43. The molecule has 4 heteroatoms. The summed E-state index contributed by atoms with van der Waals surface area (Å²) < 4.78 is 5.09. The molecule has 16 heavy (non-hydrogen) atoms. The van der Waals surface area contributed by atoms with Gasteiger partial charge in [0.05, 0.1) is 5.69 Å². The summed E-state index contributed by atoms with van der Waals surface area (Å²) >= 11 is 0. The molecule has 0 fully saturated rings. The monoisotopic (exact) mass is 223 g/mol. The van der Waals surface area contributed by atoms with Crippen LogP contribution in [0.1, 0.15) is 26.3 Å². The van der Waals surface area contributed by atoms with Crippen molar-refractivity contribution in [3.63, 3.8) is 0 Å². The summed E-state index contributed by atoms with van der Waals surface area (Å²) in [5, 5.41) is 12.1. The van der Waals surface area contributed by atoms with E-state index in [1.165, 1.54) is 6.07 Å². The lowest BCUT2D eigenvalue weighted by molar-refractivity contribution is 0.0635. The third kappa shape index (κ3) is 3.46. The first-order valence-corrected chi connectivity index (χ1v) is 5.08. The first kappa shape index (κ1) is 12.4. The Morgan fingerprint density at radius 2 is 2.00 bits per heavy atom. The Morgan fingerprint density at radius 3 is 2.50 bits per heavy atom. The third-order valence-electron chi connectivity index (χ3n) is 1.88. The lowest BCUT2D eigenvalue weighted by Gasteiger charge is -2.20. The quantitative estimate of drug-likeness (QED) is 0.719. The van der Waals surface area contributed by atoms with Crippen LogP contribution in [0.25, 0.3) is 0 Å². The number of carbonyl (C=O) groups is 1. The van der Waals surface area contributed by atoms with Crippen LogP contribution in [0.3, 0.4) is 0 Å². The molecule has 0 atom stereocenters. The molecule has 1 amide bonds. The van der Waals surface area contributed by atoms with Crippen molar-refractivity contribution in [2.24, 2.45) is 0 Å². The van der Waals surface area contributed by atoms with Crippen molar-refractivity contribution in [1.29, 1.82) is 0 Å². The van der Waals surface area contributed by atoms with E-state index in [1.54, 1.807) is 39.8 Å². The van der Waals surface area contributed by atoms with Gasteiger partial charge in [-0.25, -0.2) is 4.79 Å². The Balaban J connectivity index is 2.78. The Kier molecular flexibility index (Phi) is 3.42. The number of phenolic OH excluding ortho intramolecular Hbond substituents is 1. The maximum atomic E-state index is 11.5. The van der Waals surface area contributed by atoms with Gasteiger partial charge in [-0.05, 0) is 39.3 Å². The molecule has 0 heterocycles. The second-order valence-electron chi connectivity index (χ2n) is 4.60. The van der Waals surface area contributed by atoms with Gasteiger partial charge in [-0.15, -0.1) is 0 Å². The molecule has 1 aromatic rings. The fourth-order valence-electron chi connectivity index (χ4n) is 1.22. The van der Waals surface area contributed by atoms with E-state index in [0.717, 1.165) is 5.56 Å². The average Bonchev–Trinajstić information content (AvgIpc) is 2.08. The average molecular weight is 223 g/mol. The number of ether oxygens (including phenoxy) is 1. The van der Waals surface area contributed by atoms with E-state index < -0.39 is 11.7 Å². The number of carbonyl (C=O) groups excluding carboxylic acids is 1. The number of amides is 1. The second-order valence-corrected chi connectivity index (χ2v) is 4.60. The summed E-state index contributed by atoms with van der Waals surface area (Å²) in [6, 6.07) is 5.02. The van der Waals surface area contributed by atoms with Gasteiger partial charge < -0.3 is 9.84 Å². The molecule has 4 nitrogen and oxygen atoms in total. The van der Waals surface area contributed by atoms with Crippen LogP contribution < -0.4 is 5.32 Å². The number of nitrogens with one attached hydrogen (secondary N) is 1. The summed E-state index contributed by atoms with van der Waals surface area (Å²) in [6.07, 6.45) is -0.572. The summed E-state index contributed by atoms with van der Waals surface area (Å²) in [5.41, 5.74) is 0.616. The number of anilines is 1. The van der Waals surface area contributed by atoms with Gasteiger partial charge in [-0.3, -0.25) is 5.32 Å². The summed E-state index contributed by atoms with van der Waals surface area (Å²) in [4.78, 5) is 11.5. The molecule has 1 aromatic carbocycles. The minimum atomic E-state index is -0.572. The number of aromatic hydroxyl groups is 1. The third-order valence-corrected chi connectivity index (χ3v) is 1.88. The number of para-hydroxylation sites is 1. The minimum Gasteiger partial charge on any atom is -0.506 e. The van der Waals surface area contributed by atoms with Crippen molar-refractivity contribution >= 4 is 11.8 Å². The highest BCUT2D eigenvalue weighted by Gasteiger charge is 2.17.